The highest BCUT2D eigenvalue weighted by Gasteiger charge is 2.11. The zero-order valence-electron chi connectivity index (χ0n) is 11.9. The van der Waals surface area contributed by atoms with Crippen LogP contribution in [0.15, 0.2) is 42.5 Å². The third-order valence-corrected chi connectivity index (χ3v) is 3.49. The average Bonchev–Trinajstić information content (AvgIpc) is 2.50. The number of rotatable bonds is 5. The van der Waals surface area contributed by atoms with Gasteiger partial charge in [-0.25, -0.2) is 8.78 Å². The van der Waals surface area contributed by atoms with Crippen LogP contribution in [-0.2, 0) is 4.79 Å². The first kappa shape index (κ1) is 16.4. The fourth-order valence-electron chi connectivity index (χ4n) is 1.90. The number of anilines is 1. The van der Waals surface area contributed by atoms with Gasteiger partial charge in [-0.15, -0.1) is 0 Å². The molecule has 2 aromatic carbocycles. The van der Waals surface area contributed by atoms with Crippen molar-refractivity contribution in [2.75, 3.05) is 11.9 Å². The van der Waals surface area contributed by atoms with E-state index in [1.807, 2.05) is 0 Å². The summed E-state index contributed by atoms with van der Waals surface area (Å²) in [5.41, 5.74) is 1.08. The van der Waals surface area contributed by atoms with E-state index in [9.17, 15) is 13.6 Å². The molecule has 0 radical (unpaired) electrons. The molecule has 22 heavy (non-hydrogen) atoms. The van der Waals surface area contributed by atoms with Gasteiger partial charge >= 0.3 is 0 Å². The van der Waals surface area contributed by atoms with Crippen LogP contribution < -0.4 is 10.6 Å². The van der Waals surface area contributed by atoms with E-state index in [2.05, 4.69) is 10.6 Å². The summed E-state index contributed by atoms with van der Waals surface area (Å²) >= 11 is 5.95. The molecule has 0 unspecified atom stereocenters. The maximum Gasteiger partial charge on any atom is 0.238 e. The molecule has 0 heterocycles. The molecule has 3 nitrogen and oxygen atoms in total. The summed E-state index contributed by atoms with van der Waals surface area (Å²) in [6.07, 6.45) is 0. The van der Waals surface area contributed by atoms with Crippen molar-refractivity contribution in [3.05, 3.63) is 64.7 Å². The van der Waals surface area contributed by atoms with Gasteiger partial charge in [-0.1, -0.05) is 29.8 Å². The summed E-state index contributed by atoms with van der Waals surface area (Å²) in [5, 5.41) is 6.06. The Morgan fingerprint density at radius 1 is 1.18 bits per heavy atom. The molecule has 2 rings (SSSR count). The summed E-state index contributed by atoms with van der Waals surface area (Å²) in [6, 6.07) is 10.2. The molecule has 0 spiro atoms. The van der Waals surface area contributed by atoms with Crippen LogP contribution in [0.25, 0.3) is 0 Å². The Balaban J connectivity index is 1.90. The first-order valence-electron chi connectivity index (χ1n) is 6.70. The summed E-state index contributed by atoms with van der Waals surface area (Å²) in [6.45, 7) is 1.78. The number of hydrogen-bond donors (Lipinski definition) is 2. The van der Waals surface area contributed by atoms with Crippen molar-refractivity contribution in [3.63, 3.8) is 0 Å². The summed E-state index contributed by atoms with van der Waals surface area (Å²) in [5.74, 6) is -2.08. The van der Waals surface area contributed by atoms with E-state index < -0.39 is 11.6 Å². The topological polar surface area (TPSA) is 41.1 Å². The van der Waals surface area contributed by atoms with Crippen molar-refractivity contribution < 1.29 is 13.6 Å². The molecular formula is C16H15ClF2N2O. The normalized spacial score (nSPS) is 12.0. The van der Waals surface area contributed by atoms with Gasteiger partial charge in [0, 0.05) is 6.04 Å². The van der Waals surface area contributed by atoms with E-state index in [1.54, 1.807) is 31.2 Å². The van der Waals surface area contributed by atoms with E-state index in [1.165, 1.54) is 6.07 Å². The second kappa shape index (κ2) is 7.33. The van der Waals surface area contributed by atoms with Crippen LogP contribution in [0.3, 0.4) is 0 Å². The van der Waals surface area contributed by atoms with Crippen LogP contribution in [-0.4, -0.2) is 12.5 Å². The Kier molecular flexibility index (Phi) is 5.46. The molecule has 0 aromatic heterocycles. The average molecular weight is 325 g/mol. The molecule has 0 fully saturated rings. The molecule has 2 aromatic rings. The molecule has 0 saturated carbocycles. The molecule has 0 saturated heterocycles. The zero-order chi connectivity index (χ0) is 16.1. The first-order valence-corrected chi connectivity index (χ1v) is 7.08. The number of para-hydroxylation sites is 1. The number of benzene rings is 2. The Morgan fingerprint density at radius 3 is 2.59 bits per heavy atom. The van der Waals surface area contributed by atoms with E-state index in [-0.39, 0.29) is 18.5 Å². The van der Waals surface area contributed by atoms with Gasteiger partial charge in [-0.3, -0.25) is 4.79 Å². The van der Waals surface area contributed by atoms with Crippen LogP contribution in [0.1, 0.15) is 18.5 Å². The maximum absolute atomic E-state index is 13.2. The van der Waals surface area contributed by atoms with Gasteiger partial charge in [0.15, 0.2) is 11.6 Å². The van der Waals surface area contributed by atoms with Crippen molar-refractivity contribution in [2.24, 2.45) is 0 Å². The Labute approximate surface area is 132 Å². The quantitative estimate of drug-likeness (QED) is 0.875. The molecular weight excluding hydrogens is 310 g/mol. The predicted octanol–water partition coefficient (Wildman–Crippen LogP) is 3.91. The highest BCUT2D eigenvalue weighted by atomic mass is 35.5. The predicted molar refractivity (Wildman–Crippen MR) is 82.9 cm³/mol. The molecule has 2 N–H and O–H groups in total. The lowest BCUT2D eigenvalue weighted by Gasteiger charge is -2.14. The van der Waals surface area contributed by atoms with Gasteiger partial charge in [0.2, 0.25) is 5.91 Å². The lowest BCUT2D eigenvalue weighted by atomic mass is 10.1. The molecule has 0 aliphatic heterocycles. The molecule has 0 aliphatic carbocycles. The van der Waals surface area contributed by atoms with Gasteiger partial charge in [0.05, 0.1) is 17.3 Å². The van der Waals surface area contributed by atoms with Gasteiger partial charge < -0.3 is 10.6 Å². The van der Waals surface area contributed by atoms with Crippen LogP contribution in [0.4, 0.5) is 14.5 Å². The largest absolute Gasteiger partial charge is 0.324 e. The minimum Gasteiger partial charge on any atom is -0.324 e. The number of hydrogen-bond acceptors (Lipinski definition) is 2. The van der Waals surface area contributed by atoms with Gasteiger partial charge in [0.1, 0.15) is 0 Å². The number of amides is 1. The smallest absolute Gasteiger partial charge is 0.238 e. The zero-order valence-corrected chi connectivity index (χ0v) is 12.6. The standard InChI is InChI=1S/C16H15ClF2N2O/c1-10(11-6-7-13(18)14(19)8-11)20-9-16(22)21-15-5-3-2-4-12(15)17/h2-8,10,20H,9H2,1H3,(H,21,22)/t10-/m1/s1. The molecule has 0 bridgehead atoms. The van der Waals surface area contributed by atoms with Crippen LogP contribution in [0, 0.1) is 11.6 Å². The van der Waals surface area contributed by atoms with Crippen LogP contribution in [0.2, 0.25) is 5.02 Å². The van der Waals surface area contributed by atoms with Crippen molar-refractivity contribution in [2.45, 2.75) is 13.0 Å². The van der Waals surface area contributed by atoms with Crippen LogP contribution >= 0.6 is 11.6 Å². The van der Waals surface area contributed by atoms with Crippen molar-refractivity contribution >= 4 is 23.2 Å². The van der Waals surface area contributed by atoms with E-state index in [4.69, 9.17) is 11.6 Å². The van der Waals surface area contributed by atoms with Gasteiger partial charge in [-0.05, 0) is 36.8 Å². The van der Waals surface area contributed by atoms with E-state index >= 15 is 0 Å². The number of carbonyl (C=O) groups excluding carboxylic acids is 1. The van der Waals surface area contributed by atoms with E-state index in [0.717, 1.165) is 12.1 Å². The molecule has 1 atom stereocenters. The monoisotopic (exact) mass is 324 g/mol. The Bertz CT molecular complexity index is 679. The van der Waals surface area contributed by atoms with Crippen LogP contribution in [0.5, 0.6) is 0 Å². The first-order chi connectivity index (χ1) is 10.5. The minimum atomic E-state index is -0.910. The summed E-state index contributed by atoms with van der Waals surface area (Å²) < 4.78 is 26.1. The van der Waals surface area contributed by atoms with Crippen molar-refractivity contribution in [1.29, 1.82) is 0 Å². The minimum absolute atomic E-state index is 0.0192. The lowest BCUT2D eigenvalue weighted by molar-refractivity contribution is -0.115. The number of nitrogens with one attached hydrogen (secondary N) is 2. The highest BCUT2D eigenvalue weighted by Crippen LogP contribution is 2.20. The summed E-state index contributed by atoms with van der Waals surface area (Å²) in [4.78, 5) is 11.9. The Hall–Kier alpha value is -1.98. The SMILES string of the molecule is C[C@@H](NCC(=O)Nc1ccccc1Cl)c1ccc(F)c(F)c1. The fraction of sp³-hybridized carbons (Fsp3) is 0.188. The fourth-order valence-corrected chi connectivity index (χ4v) is 2.09. The third-order valence-electron chi connectivity index (χ3n) is 3.16. The summed E-state index contributed by atoms with van der Waals surface area (Å²) in [7, 11) is 0. The van der Waals surface area contributed by atoms with Gasteiger partial charge in [-0.2, -0.15) is 0 Å². The third kappa shape index (κ3) is 4.26. The molecule has 1 amide bonds. The lowest BCUT2D eigenvalue weighted by Crippen LogP contribution is -2.30. The molecule has 6 heteroatoms. The molecule has 116 valence electrons. The maximum atomic E-state index is 13.2. The van der Waals surface area contributed by atoms with Crippen molar-refractivity contribution in [1.82, 2.24) is 5.32 Å². The second-order valence-electron chi connectivity index (χ2n) is 4.80. The second-order valence-corrected chi connectivity index (χ2v) is 5.21. The number of carbonyl (C=O) groups is 1. The van der Waals surface area contributed by atoms with Gasteiger partial charge in [0.25, 0.3) is 0 Å². The Morgan fingerprint density at radius 2 is 1.91 bits per heavy atom. The van der Waals surface area contributed by atoms with Crippen molar-refractivity contribution in [3.8, 4) is 0 Å². The molecule has 0 aliphatic rings. The highest BCUT2D eigenvalue weighted by molar-refractivity contribution is 6.33. The number of halogens is 3. The van der Waals surface area contributed by atoms with E-state index in [0.29, 0.717) is 16.3 Å².